The molecule has 10 nitrogen and oxygen atoms in total. The van der Waals surface area contributed by atoms with Crippen molar-refractivity contribution >= 4 is 33.8 Å². The van der Waals surface area contributed by atoms with E-state index in [1.54, 1.807) is 21.7 Å². The number of halogens is 1. The molecule has 0 unspecified atom stereocenters. The van der Waals surface area contributed by atoms with Crippen molar-refractivity contribution in [2.45, 2.75) is 20.0 Å². The summed E-state index contributed by atoms with van der Waals surface area (Å²) in [5, 5.41) is 0.713. The van der Waals surface area contributed by atoms with Gasteiger partial charge in [-0.2, -0.15) is 4.98 Å². The van der Waals surface area contributed by atoms with E-state index >= 15 is 4.39 Å². The number of hydrogen-bond donors (Lipinski definition) is 1. The maximum absolute atomic E-state index is 15.1. The van der Waals surface area contributed by atoms with Gasteiger partial charge >= 0.3 is 0 Å². The van der Waals surface area contributed by atoms with E-state index in [0.717, 1.165) is 5.52 Å². The molecule has 0 saturated carbocycles. The van der Waals surface area contributed by atoms with Gasteiger partial charge in [-0.1, -0.05) is 13.8 Å². The second kappa shape index (κ2) is 8.74. The number of hydrogen-bond acceptors (Lipinski definition) is 7. The fraction of sp³-hybridized carbons (Fsp3) is 0.440. The average Bonchev–Trinajstić information content (AvgIpc) is 3.45. The molecular formula is C25H28FN7O3. The van der Waals surface area contributed by atoms with Crippen LogP contribution in [0.1, 0.15) is 13.8 Å². The first-order valence-corrected chi connectivity index (χ1v) is 12.2. The molecule has 36 heavy (non-hydrogen) atoms. The van der Waals surface area contributed by atoms with Crippen molar-refractivity contribution in [3.63, 3.8) is 0 Å². The molecule has 188 valence electrons. The van der Waals surface area contributed by atoms with E-state index in [4.69, 9.17) is 24.4 Å². The molecule has 0 spiro atoms. The minimum Gasteiger partial charge on any atom is -0.458 e. The number of amides is 1. The van der Waals surface area contributed by atoms with Gasteiger partial charge in [0.15, 0.2) is 22.8 Å². The lowest BCUT2D eigenvalue weighted by Crippen LogP contribution is -2.57. The number of nitrogens with zero attached hydrogens (tertiary/aromatic N) is 6. The van der Waals surface area contributed by atoms with Gasteiger partial charge < -0.3 is 24.3 Å². The van der Waals surface area contributed by atoms with Gasteiger partial charge in [0.05, 0.1) is 31.9 Å². The van der Waals surface area contributed by atoms with Crippen LogP contribution in [-0.4, -0.2) is 80.8 Å². The van der Waals surface area contributed by atoms with E-state index in [-0.39, 0.29) is 17.9 Å². The van der Waals surface area contributed by atoms with Crippen LogP contribution in [-0.2, 0) is 16.6 Å². The zero-order valence-corrected chi connectivity index (χ0v) is 20.5. The molecule has 0 aliphatic carbocycles. The molecule has 0 bridgehead atoms. The summed E-state index contributed by atoms with van der Waals surface area (Å²) in [5.41, 5.74) is 2.30. The van der Waals surface area contributed by atoms with Gasteiger partial charge in [-0.25, -0.2) is 14.4 Å². The Balaban J connectivity index is 1.42. The first kappa shape index (κ1) is 22.7. The molecule has 4 aromatic rings. The SMILES string of the molecule is CC(C)C(=O)N1CC(Oc2nc3c(N4CCOCC4)nc(-c4c(F)ccc5[nH]ccc45)nc3n2C)C1. The molecular weight excluding hydrogens is 465 g/mol. The van der Waals surface area contributed by atoms with Gasteiger partial charge in [0, 0.05) is 43.2 Å². The molecule has 1 aromatic carbocycles. The quantitative estimate of drug-likeness (QED) is 0.456. The van der Waals surface area contributed by atoms with Gasteiger partial charge in [0.25, 0.3) is 6.01 Å². The highest BCUT2D eigenvalue weighted by atomic mass is 19.1. The number of ether oxygens (including phenoxy) is 2. The Morgan fingerprint density at radius 1 is 1.17 bits per heavy atom. The molecule has 1 N–H and O–H groups in total. The molecule has 2 saturated heterocycles. The number of morpholine rings is 1. The van der Waals surface area contributed by atoms with Crippen molar-refractivity contribution in [2.75, 3.05) is 44.3 Å². The van der Waals surface area contributed by atoms with Crippen LogP contribution < -0.4 is 9.64 Å². The number of benzene rings is 1. The lowest BCUT2D eigenvalue weighted by Gasteiger charge is -2.39. The normalized spacial score (nSPS) is 16.8. The van der Waals surface area contributed by atoms with Crippen molar-refractivity contribution in [1.82, 2.24) is 29.4 Å². The third-order valence-corrected chi connectivity index (χ3v) is 6.80. The predicted octanol–water partition coefficient (Wildman–Crippen LogP) is 2.73. The summed E-state index contributed by atoms with van der Waals surface area (Å²) in [6.07, 6.45) is 1.63. The van der Waals surface area contributed by atoms with E-state index in [1.807, 2.05) is 27.0 Å². The molecule has 6 rings (SSSR count). The Morgan fingerprint density at radius 2 is 1.94 bits per heavy atom. The summed E-state index contributed by atoms with van der Waals surface area (Å²) in [6.45, 7) is 7.25. The third-order valence-electron chi connectivity index (χ3n) is 6.80. The Kier molecular flexibility index (Phi) is 5.51. The summed E-state index contributed by atoms with van der Waals surface area (Å²) in [5.74, 6) is 0.596. The van der Waals surface area contributed by atoms with E-state index in [2.05, 4.69) is 9.88 Å². The zero-order valence-electron chi connectivity index (χ0n) is 20.5. The van der Waals surface area contributed by atoms with Crippen molar-refractivity contribution < 1.29 is 18.7 Å². The van der Waals surface area contributed by atoms with Gasteiger partial charge in [0.1, 0.15) is 11.9 Å². The van der Waals surface area contributed by atoms with Crippen LogP contribution in [0.15, 0.2) is 24.4 Å². The lowest BCUT2D eigenvalue weighted by atomic mass is 10.1. The monoisotopic (exact) mass is 493 g/mol. The molecule has 5 heterocycles. The minimum atomic E-state index is -0.391. The molecule has 2 aliphatic rings. The smallest absolute Gasteiger partial charge is 0.298 e. The zero-order chi connectivity index (χ0) is 25.0. The minimum absolute atomic E-state index is 0.0450. The number of fused-ring (bicyclic) bond motifs is 2. The standard InChI is InChI=1S/C25H28FN7O3/c1-14(2)24(34)33-12-15(13-33)36-25-28-20-22(31(25)3)29-21(30-23(20)32-8-10-35-11-9-32)19-16-6-7-27-18(16)5-4-17(19)26/h4-7,14-15,27H,8-13H2,1-3H3. The number of carbonyl (C=O) groups excluding carboxylic acids is 1. The van der Waals surface area contributed by atoms with Crippen LogP contribution in [0, 0.1) is 11.7 Å². The first-order valence-electron chi connectivity index (χ1n) is 12.2. The van der Waals surface area contributed by atoms with Crippen molar-refractivity contribution in [3.8, 4) is 17.4 Å². The second-order valence-electron chi connectivity index (χ2n) is 9.59. The summed E-state index contributed by atoms with van der Waals surface area (Å²) < 4.78 is 28.6. The number of rotatable bonds is 5. The predicted molar refractivity (Wildman–Crippen MR) is 132 cm³/mol. The van der Waals surface area contributed by atoms with E-state index < -0.39 is 5.82 Å². The van der Waals surface area contributed by atoms with Crippen molar-refractivity contribution in [1.29, 1.82) is 0 Å². The number of likely N-dealkylation sites (tertiary alicyclic amines) is 1. The number of imidazole rings is 1. The number of nitrogens with one attached hydrogen (secondary N) is 1. The maximum atomic E-state index is 15.1. The van der Waals surface area contributed by atoms with Gasteiger partial charge in [-0.05, 0) is 18.2 Å². The Hall–Kier alpha value is -3.73. The van der Waals surface area contributed by atoms with Crippen LogP contribution in [0.3, 0.4) is 0 Å². The van der Waals surface area contributed by atoms with Crippen LogP contribution in [0.25, 0.3) is 33.5 Å². The second-order valence-corrected chi connectivity index (χ2v) is 9.59. The number of carbonyl (C=O) groups is 1. The topological polar surface area (TPSA) is 101 Å². The van der Waals surface area contributed by atoms with E-state index in [9.17, 15) is 4.79 Å². The number of H-pyrrole nitrogens is 1. The van der Waals surface area contributed by atoms with Crippen molar-refractivity contribution in [3.05, 3.63) is 30.2 Å². The Morgan fingerprint density at radius 3 is 2.69 bits per heavy atom. The number of aryl methyl sites for hydroxylation is 1. The van der Waals surface area contributed by atoms with Crippen LogP contribution in [0.4, 0.5) is 10.2 Å². The van der Waals surface area contributed by atoms with E-state index in [0.29, 0.717) is 79.2 Å². The van der Waals surface area contributed by atoms with Crippen LogP contribution in [0.5, 0.6) is 6.01 Å². The molecule has 2 fully saturated rings. The summed E-state index contributed by atoms with van der Waals surface area (Å²) in [7, 11) is 1.83. The maximum Gasteiger partial charge on any atom is 0.298 e. The number of aromatic amines is 1. The molecule has 0 radical (unpaired) electrons. The number of anilines is 1. The Labute approximate surface area is 207 Å². The molecule has 11 heteroatoms. The fourth-order valence-electron chi connectivity index (χ4n) is 4.78. The first-order chi connectivity index (χ1) is 17.4. The van der Waals surface area contributed by atoms with Crippen LogP contribution >= 0.6 is 0 Å². The third kappa shape index (κ3) is 3.74. The molecule has 0 atom stereocenters. The van der Waals surface area contributed by atoms with Gasteiger partial charge in [-0.3, -0.25) is 9.36 Å². The lowest BCUT2D eigenvalue weighted by molar-refractivity contribution is -0.143. The summed E-state index contributed by atoms with van der Waals surface area (Å²) in [6, 6.07) is 5.36. The summed E-state index contributed by atoms with van der Waals surface area (Å²) >= 11 is 0. The highest BCUT2D eigenvalue weighted by Gasteiger charge is 2.35. The summed E-state index contributed by atoms with van der Waals surface area (Å²) in [4.78, 5) is 33.6. The highest BCUT2D eigenvalue weighted by Crippen LogP contribution is 2.34. The fourth-order valence-corrected chi connectivity index (χ4v) is 4.78. The molecule has 2 aliphatic heterocycles. The molecule has 3 aromatic heterocycles. The van der Waals surface area contributed by atoms with Crippen molar-refractivity contribution in [2.24, 2.45) is 13.0 Å². The van der Waals surface area contributed by atoms with E-state index in [1.165, 1.54) is 6.07 Å². The van der Waals surface area contributed by atoms with Crippen LogP contribution in [0.2, 0.25) is 0 Å². The Bertz CT molecular complexity index is 1450. The average molecular weight is 494 g/mol. The number of aromatic nitrogens is 5. The highest BCUT2D eigenvalue weighted by molar-refractivity contribution is 5.96. The van der Waals surface area contributed by atoms with Gasteiger partial charge in [0.2, 0.25) is 5.91 Å². The largest absolute Gasteiger partial charge is 0.458 e. The van der Waals surface area contributed by atoms with Gasteiger partial charge in [-0.15, -0.1) is 0 Å². The molecule has 1 amide bonds.